The molecule has 0 spiro atoms. The standard InChI is InChI=1S/2C15H24N2O2.Ni/c2*1-6-12-8-7-9-13(12)17(11(4)5)14(15(18)19)16-10(2)3;/h2*7-8,10-11H,6,9H2,1-5H3,(H,18,19);/q;;+2/p-2. The van der Waals surface area contributed by atoms with Gasteiger partial charge < -0.3 is 29.6 Å². The molecule has 0 unspecified atom stereocenters. The number of nitrogens with zero attached hydrogens (tertiary/aromatic N) is 4. The number of carboxylic acid groups (broad SMARTS) is 2. The van der Waals surface area contributed by atoms with Crippen molar-refractivity contribution in [2.75, 3.05) is 0 Å². The van der Waals surface area contributed by atoms with Crippen LogP contribution in [0.3, 0.4) is 0 Å². The van der Waals surface area contributed by atoms with Crippen LogP contribution in [0.1, 0.15) is 94.9 Å². The third-order valence-electron chi connectivity index (χ3n) is 5.96. The van der Waals surface area contributed by atoms with Crippen molar-refractivity contribution in [1.82, 2.24) is 9.80 Å². The van der Waals surface area contributed by atoms with Crippen molar-refractivity contribution in [1.29, 1.82) is 0 Å². The number of aliphatic imine (C=N–C) groups is 2. The number of hydrogen-bond donors (Lipinski definition) is 0. The van der Waals surface area contributed by atoms with Gasteiger partial charge in [-0.25, -0.2) is 0 Å². The summed E-state index contributed by atoms with van der Waals surface area (Å²) in [6.45, 7) is 19.5. The van der Waals surface area contributed by atoms with Crippen molar-refractivity contribution in [2.45, 2.75) is 119 Å². The fourth-order valence-electron chi connectivity index (χ4n) is 4.51. The van der Waals surface area contributed by atoms with Gasteiger partial charge in [-0.15, -0.1) is 0 Å². The van der Waals surface area contributed by atoms with Crippen molar-refractivity contribution in [3.63, 3.8) is 0 Å². The number of hydrogen-bond acceptors (Lipinski definition) is 6. The van der Waals surface area contributed by atoms with E-state index in [-0.39, 0.29) is 52.3 Å². The first kappa shape index (κ1) is 36.3. The van der Waals surface area contributed by atoms with E-state index in [0.29, 0.717) is 0 Å². The number of carboxylic acids is 2. The molecule has 0 atom stereocenters. The molecule has 0 aromatic rings. The van der Waals surface area contributed by atoms with Gasteiger partial charge >= 0.3 is 16.5 Å². The van der Waals surface area contributed by atoms with Crippen LogP contribution in [0.25, 0.3) is 0 Å². The molecule has 0 saturated carbocycles. The first-order chi connectivity index (χ1) is 17.8. The Morgan fingerprint density at radius 2 is 1.03 bits per heavy atom. The van der Waals surface area contributed by atoms with Crippen LogP contribution in [0.5, 0.6) is 0 Å². The van der Waals surface area contributed by atoms with Crippen LogP contribution in [-0.2, 0) is 26.1 Å². The minimum Gasteiger partial charge on any atom is -0.542 e. The first-order valence-electron chi connectivity index (χ1n) is 13.7. The molecule has 0 aromatic heterocycles. The quantitative estimate of drug-likeness (QED) is 0.244. The molecule has 0 heterocycles. The van der Waals surface area contributed by atoms with E-state index in [4.69, 9.17) is 0 Å². The number of allylic oxidation sites excluding steroid dienone is 6. The van der Waals surface area contributed by atoms with E-state index >= 15 is 0 Å². The molecule has 0 N–H and O–H groups in total. The Bertz CT molecular complexity index is 952. The molecule has 220 valence electrons. The van der Waals surface area contributed by atoms with Crippen LogP contribution in [0.2, 0.25) is 0 Å². The van der Waals surface area contributed by atoms with Crippen molar-refractivity contribution >= 4 is 23.6 Å². The summed E-state index contributed by atoms with van der Waals surface area (Å²) in [4.78, 5) is 34.9. The van der Waals surface area contributed by atoms with Gasteiger partial charge in [-0.1, -0.05) is 38.2 Å². The summed E-state index contributed by atoms with van der Waals surface area (Å²) >= 11 is 0. The molecule has 0 saturated heterocycles. The maximum Gasteiger partial charge on any atom is 2.00 e. The minimum atomic E-state index is -1.21. The van der Waals surface area contributed by atoms with Gasteiger partial charge in [-0.3, -0.25) is 9.98 Å². The summed E-state index contributed by atoms with van der Waals surface area (Å²) < 4.78 is 0. The average molecular weight is 585 g/mol. The maximum atomic E-state index is 11.4. The van der Waals surface area contributed by atoms with Gasteiger partial charge in [0.25, 0.3) is 0 Å². The van der Waals surface area contributed by atoms with Gasteiger partial charge in [0.2, 0.25) is 0 Å². The number of carbonyl (C=O) groups excluding carboxylic acids is 2. The van der Waals surface area contributed by atoms with E-state index in [2.05, 4.69) is 48.1 Å². The third-order valence-corrected chi connectivity index (χ3v) is 5.96. The van der Waals surface area contributed by atoms with Crippen LogP contribution in [0, 0.1) is 0 Å². The van der Waals surface area contributed by atoms with E-state index in [0.717, 1.165) is 37.1 Å². The zero-order chi connectivity index (χ0) is 29.2. The Morgan fingerprint density at radius 1 is 0.718 bits per heavy atom. The van der Waals surface area contributed by atoms with E-state index < -0.39 is 11.9 Å². The smallest absolute Gasteiger partial charge is 0.542 e. The average Bonchev–Trinajstić information content (AvgIpc) is 3.47. The van der Waals surface area contributed by atoms with E-state index in [1.807, 2.05) is 55.4 Å². The molecule has 0 amide bonds. The van der Waals surface area contributed by atoms with Crippen LogP contribution in [0.15, 0.2) is 56.8 Å². The van der Waals surface area contributed by atoms with Crippen LogP contribution >= 0.6 is 0 Å². The van der Waals surface area contributed by atoms with Crippen LogP contribution < -0.4 is 10.2 Å². The number of amidine groups is 2. The van der Waals surface area contributed by atoms with E-state index in [1.54, 1.807) is 9.80 Å². The summed E-state index contributed by atoms with van der Waals surface area (Å²) in [5.41, 5.74) is 4.40. The van der Waals surface area contributed by atoms with Gasteiger partial charge in [-0.2, -0.15) is 0 Å². The molecule has 0 aliphatic heterocycles. The summed E-state index contributed by atoms with van der Waals surface area (Å²) in [5, 5.41) is 22.8. The Kier molecular flexibility index (Phi) is 15.9. The molecule has 39 heavy (non-hydrogen) atoms. The van der Waals surface area contributed by atoms with Crippen molar-refractivity contribution in [3.8, 4) is 0 Å². The zero-order valence-corrected chi connectivity index (χ0v) is 26.2. The Hall–Kier alpha value is -2.67. The maximum absolute atomic E-state index is 11.4. The predicted octanol–water partition coefficient (Wildman–Crippen LogP) is 3.75. The minimum absolute atomic E-state index is 0. The van der Waals surface area contributed by atoms with E-state index in [1.165, 1.54) is 11.1 Å². The molecule has 8 nitrogen and oxygen atoms in total. The molecule has 2 aliphatic carbocycles. The van der Waals surface area contributed by atoms with Gasteiger partial charge in [0.05, 0.1) is 0 Å². The normalized spacial score (nSPS) is 15.4. The fourth-order valence-corrected chi connectivity index (χ4v) is 4.51. The van der Waals surface area contributed by atoms with E-state index in [9.17, 15) is 19.8 Å². The molecular weight excluding hydrogens is 539 g/mol. The fraction of sp³-hybridized carbons (Fsp3) is 0.600. The SMILES string of the molecule is CCC1=C(N(C(=NC(C)C)C(=O)[O-])C(C)C)CC=C1.CCC1=C(N(C(=NC(C)C)C(=O)[O-])C(C)C)CC=C1.[Ni+2]. The Morgan fingerprint density at radius 3 is 1.23 bits per heavy atom. The molecule has 0 fully saturated rings. The first-order valence-corrected chi connectivity index (χ1v) is 13.7. The summed E-state index contributed by atoms with van der Waals surface area (Å²) in [6, 6.07) is -0.0814. The van der Waals surface area contributed by atoms with Crippen molar-refractivity contribution in [2.24, 2.45) is 9.98 Å². The molecule has 0 radical (unpaired) electrons. The molecule has 0 bridgehead atoms. The molecule has 9 heteroatoms. The monoisotopic (exact) mass is 584 g/mol. The Balaban J connectivity index is 0.000000722. The molecule has 2 aliphatic rings. The largest absolute Gasteiger partial charge is 2.00 e. The van der Waals surface area contributed by atoms with Crippen molar-refractivity contribution in [3.05, 3.63) is 46.8 Å². The third kappa shape index (κ3) is 10.4. The number of aliphatic carboxylic acids is 2. The second-order valence-electron chi connectivity index (χ2n) is 10.5. The van der Waals surface area contributed by atoms with Crippen LogP contribution in [-0.4, -0.2) is 57.6 Å². The molecular formula is C30H46N4NiO4. The summed E-state index contributed by atoms with van der Waals surface area (Å²) in [5.74, 6) is -2.35. The predicted molar refractivity (Wildman–Crippen MR) is 151 cm³/mol. The second-order valence-corrected chi connectivity index (χ2v) is 10.5. The summed E-state index contributed by atoms with van der Waals surface area (Å²) in [7, 11) is 0. The Labute approximate surface area is 245 Å². The van der Waals surface area contributed by atoms with Gasteiger partial charge in [0.1, 0.15) is 11.9 Å². The number of rotatable bonds is 8. The second kappa shape index (κ2) is 17.1. The summed E-state index contributed by atoms with van der Waals surface area (Å²) in [6.07, 6.45) is 11.5. The van der Waals surface area contributed by atoms with Crippen molar-refractivity contribution < 1.29 is 36.3 Å². The topological polar surface area (TPSA) is 111 Å². The van der Waals surface area contributed by atoms with Gasteiger partial charge in [-0.05, 0) is 79.4 Å². The number of carbonyl (C=O) groups is 2. The van der Waals surface area contributed by atoms with Gasteiger partial charge in [0, 0.05) is 48.4 Å². The molecule has 0 aromatic carbocycles. The molecule has 2 rings (SSSR count). The van der Waals surface area contributed by atoms with Crippen LogP contribution in [0.4, 0.5) is 0 Å². The zero-order valence-electron chi connectivity index (χ0n) is 25.2. The van der Waals surface area contributed by atoms with Gasteiger partial charge in [0.15, 0.2) is 11.7 Å².